The minimum Gasteiger partial charge on any atom is -0.481 e. The summed E-state index contributed by atoms with van der Waals surface area (Å²) in [4.78, 5) is 28.0. The van der Waals surface area contributed by atoms with Gasteiger partial charge in [0.15, 0.2) is 0 Å². The van der Waals surface area contributed by atoms with E-state index in [1.165, 1.54) is 43.4 Å². The van der Waals surface area contributed by atoms with Gasteiger partial charge in [0.2, 0.25) is 0 Å². The molecule has 1 aliphatic heterocycles. The lowest BCUT2D eigenvalue weighted by Gasteiger charge is -2.26. The van der Waals surface area contributed by atoms with E-state index in [2.05, 4.69) is 10.3 Å². The van der Waals surface area contributed by atoms with Crippen molar-refractivity contribution >= 4 is 23.2 Å². The smallest absolute Gasteiger partial charge is 0.303 e. The number of carbonyl (C=O) groups excluding carboxylic acids is 1. The Morgan fingerprint density at radius 2 is 2.08 bits per heavy atom. The molecular weight excluding hydrogens is 352 g/mol. The summed E-state index contributed by atoms with van der Waals surface area (Å²) in [5, 5.41) is 14.7. The molecule has 2 heterocycles. The van der Waals surface area contributed by atoms with Crippen LogP contribution in [0.4, 0.5) is 0 Å². The van der Waals surface area contributed by atoms with Crippen LogP contribution < -0.4 is 5.32 Å². The maximum absolute atomic E-state index is 12.6. The van der Waals surface area contributed by atoms with Crippen molar-refractivity contribution in [1.29, 1.82) is 0 Å². The monoisotopic (exact) mass is 380 g/mol. The summed E-state index contributed by atoms with van der Waals surface area (Å²) in [5.41, 5.74) is 0.421. The number of nitrogens with one attached hydrogen (secondary N) is 1. The highest BCUT2D eigenvalue weighted by molar-refractivity contribution is 7.09. The number of hydrogen-bond donors (Lipinski definition) is 2. The van der Waals surface area contributed by atoms with Crippen molar-refractivity contribution in [3.8, 4) is 0 Å². The number of ether oxygens (including phenoxy) is 1. The summed E-state index contributed by atoms with van der Waals surface area (Å²) in [6.07, 6.45) is 9.54. The Kier molecular flexibility index (Phi) is 7.02. The van der Waals surface area contributed by atoms with Gasteiger partial charge in [0.1, 0.15) is 16.8 Å². The van der Waals surface area contributed by atoms with Crippen molar-refractivity contribution < 1.29 is 19.4 Å². The van der Waals surface area contributed by atoms with Gasteiger partial charge < -0.3 is 15.2 Å². The van der Waals surface area contributed by atoms with Crippen LogP contribution in [0.25, 0.3) is 0 Å². The van der Waals surface area contributed by atoms with Gasteiger partial charge in [0, 0.05) is 24.4 Å². The molecule has 1 aromatic heterocycles. The molecule has 3 rings (SSSR count). The van der Waals surface area contributed by atoms with Gasteiger partial charge in [0.25, 0.3) is 5.91 Å². The number of hydrogen-bond acceptors (Lipinski definition) is 5. The van der Waals surface area contributed by atoms with Crippen LogP contribution in [-0.2, 0) is 9.53 Å². The number of aromatic nitrogens is 1. The minimum atomic E-state index is -0.817. The lowest BCUT2D eigenvalue weighted by Crippen LogP contribution is -2.37. The lowest BCUT2D eigenvalue weighted by atomic mass is 9.84. The van der Waals surface area contributed by atoms with Gasteiger partial charge in [-0.25, -0.2) is 4.98 Å². The third kappa shape index (κ3) is 5.51. The molecular formula is C19H28N2O4S. The summed E-state index contributed by atoms with van der Waals surface area (Å²) in [5.74, 6) is -0.431. The highest BCUT2D eigenvalue weighted by atomic mass is 32.1. The largest absolute Gasteiger partial charge is 0.481 e. The average Bonchev–Trinajstić information content (AvgIpc) is 3.31. The van der Waals surface area contributed by atoms with E-state index in [-0.39, 0.29) is 24.5 Å². The summed E-state index contributed by atoms with van der Waals surface area (Å²) in [7, 11) is 0. The molecule has 0 radical (unpaired) electrons. The van der Waals surface area contributed by atoms with Crippen LogP contribution in [-0.4, -0.2) is 34.6 Å². The molecule has 2 aliphatic rings. The second-order valence-electron chi connectivity index (χ2n) is 7.42. The van der Waals surface area contributed by atoms with Gasteiger partial charge in [0.05, 0.1) is 0 Å². The van der Waals surface area contributed by atoms with Gasteiger partial charge in [-0.3, -0.25) is 9.59 Å². The molecule has 144 valence electrons. The maximum atomic E-state index is 12.6. The number of thiazole rings is 1. The Hall–Kier alpha value is -1.47. The molecule has 2 N–H and O–H groups in total. The molecule has 2 fully saturated rings. The van der Waals surface area contributed by atoms with E-state index in [9.17, 15) is 9.59 Å². The second kappa shape index (κ2) is 9.46. The van der Waals surface area contributed by atoms with E-state index in [0.29, 0.717) is 18.0 Å². The van der Waals surface area contributed by atoms with Crippen LogP contribution in [0.2, 0.25) is 0 Å². The van der Waals surface area contributed by atoms with E-state index in [4.69, 9.17) is 9.84 Å². The van der Waals surface area contributed by atoms with Crippen molar-refractivity contribution in [2.45, 2.75) is 76.4 Å². The molecule has 1 saturated carbocycles. The van der Waals surface area contributed by atoms with Crippen LogP contribution in [0, 0.1) is 5.92 Å². The molecule has 1 saturated heterocycles. The molecule has 1 amide bonds. The number of rotatable bonds is 8. The first kappa shape index (κ1) is 19.3. The Balaban J connectivity index is 1.58. The third-order valence-electron chi connectivity index (χ3n) is 5.34. The molecule has 1 aliphatic carbocycles. The molecule has 0 aromatic carbocycles. The van der Waals surface area contributed by atoms with E-state index in [1.54, 1.807) is 5.38 Å². The standard InChI is InChI=1S/C19H28N2O4S/c22-17(23)9-8-14(11-13-5-2-1-3-6-13)20-18(24)15-12-26-19(21-15)16-7-4-10-25-16/h12-14,16H,1-11H2,(H,20,24)(H,22,23). The van der Waals surface area contributed by atoms with Gasteiger partial charge in [-0.1, -0.05) is 32.1 Å². The Morgan fingerprint density at radius 3 is 2.77 bits per heavy atom. The molecule has 7 heteroatoms. The molecule has 0 bridgehead atoms. The normalized spacial score (nSPS) is 22.2. The fourth-order valence-corrected chi connectivity index (χ4v) is 4.82. The molecule has 6 nitrogen and oxygen atoms in total. The Labute approximate surface area is 158 Å². The lowest BCUT2D eigenvalue weighted by molar-refractivity contribution is -0.137. The van der Waals surface area contributed by atoms with Crippen molar-refractivity contribution in [3.63, 3.8) is 0 Å². The first-order valence-corrected chi connectivity index (χ1v) is 10.6. The minimum absolute atomic E-state index is 0.0200. The number of aliphatic carboxylic acids is 1. The zero-order valence-electron chi connectivity index (χ0n) is 15.1. The van der Waals surface area contributed by atoms with Gasteiger partial charge in [-0.15, -0.1) is 11.3 Å². The van der Waals surface area contributed by atoms with Crippen molar-refractivity contribution in [1.82, 2.24) is 10.3 Å². The van der Waals surface area contributed by atoms with Crippen LogP contribution in [0.1, 0.15) is 85.8 Å². The summed E-state index contributed by atoms with van der Waals surface area (Å²) in [6.45, 7) is 0.754. The van der Waals surface area contributed by atoms with E-state index in [0.717, 1.165) is 30.9 Å². The Morgan fingerprint density at radius 1 is 1.27 bits per heavy atom. The molecule has 0 spiro atoms. The topological polar surface area (TPSA) is 88.5 Å². The quantitative estimate of drug-likeness (QED) is 0.713. The van der Waals surface area contributed by atoms with E-state index in [1.807, 2.05) is 0 Å². The van der Waals surface area contributed by atoms with Crippen LogP contribution >= 0.6 is 11.3 Å². The van der Waals surface area contributed by atoms with Gasteiger partial charge in [-0.2, -0.15) is 0 Å². The van der Waals surface area contributed by atoms with Gasteiger partial charge in [-0.05, 0) is 31.6 Å². The summed E-state index contributed by atoms with van der Waals surface area (Å²) in [6, 6.07) is -0.102. The number of carbonyl (C=O) groups is 2. The Bertz CT molecular complexity index is 606. The highest BCUT2D eigenvalue weighted by Crippen LogP contribution is 2.31. The predicted octanol–water partition coefficient (Wildman–Crippen LogP) is 3.93. The van der Waals surface area contributed by atoms with Crippen LogP contribution in [0.15, 0.2) is 5.38 Å². The summed E-state index contributed by atoms with van der Waals surface area (Å²) < 4.78 is 5.63. The van der Waals surface area contributed by atoms with Gasteiger partial charge >= 0.3 is 5.97 Å². The van der Waals surface area contributed by atoms with Crippen LogP contribution in [0.3, 0.4) is 0 Å². The molecule has 1 aromatic rings. The third-order valence-corrected chi connectivity index (χ3v) is 6.28. The molecule has 2 atom stereocenters. The van der Waals surface area contributed by atoms with Crippen LogP contribution in [0.5, 0.6) is 0 Å². The first-order chi connectivity index (χ1) is 12.6. The predicted molar refractivity (Wildman–Crippen MR) is 99.4 cm³/mol. The highest BCUT2D eigenvalue weighted by Gasteiger charge is 2.25. The van der Waals surface area contributed by atoms with Crippen molar-refractivity contribution in [3.05, 3.63) is 16.1 Å². The van der Waals surface area contributed by atoms with E-state index >= 15 is 0 Å². The van der Waals surface area contributed by atoms with Crippen molar-refractivity contribution in [2.24, 2.45) is 5.92 Å². The summed E-state index contributed by atoms with van der Waals surface area (Å²) >= 11 is 1.47. The zero-order chi connectivity index (χ0) is 18.4. The second-order valence-corrected chi connectivity index (χ2v) is 8.30. The maximum Gasteiger partial charge on any atom is 0.303 e. The SMILES string of the molecule is O=C(O)CCC(CC1CCCCC1)NC(=O)c1csc(C2CCCO2)n1. The number of amides is 1. The molecule has 2 unspecified atom stereocenters. The molecule has 26 heavy (non-hydrogen) atoms. The van der Waals surface area contributed by atoms with Crippen molar-refractivity contribution in [2.75, 3.05) is 6.61 Å². The number of carboxylic acids is 1. The average molecular weight is 381 g/mol. The van der Waals surface area contributed by atoms with E-state index < -0.39 is 5.97 Å². The fraction of sp³-hybridized carbons (Fsp3) is 0.737. The zero-order valence-corrected chi connectivity index (χ0v) is 15.9. The fourth-order valence-electron chi connectivity index (χ4n) is 3.94. The number of nitrogens with zero attached hydrogens (tertiary/aromatic N) is 1. The first-order valence-electron chi connectivity index (χ1n) is 9.71. The number of carboxylic acid groups (broad SMARTS) is 1.